The molecule has 0 fully saturated rings. The van der Waals surface area contributed by atoms with Gasteiger partial charge in [-0.3, -0.25) is 9.59 Å². The van der Waals surface area contributed by atoms with Gasteiger partial charge < -0.3 is 20.1 Å². The molecular formula is C15H22N2O4. The van der Waals surface area contributed by atoms with Crippen LogP contribution in [-0.2, 0) is 9.59 Å². The zero-order valence-electron chi connectivity index (χ0n) is 12.5. The maximum atomic E-state index is 11.6. The Bertz CT molecular complexity index is 463. The molecule has 0 atom stereocenters. The average Bonchev–Trinajstić information content (AvgIpc) is 2.51. The summed E-state index contributed by atoms with van der Waals surface area (Å²) in [5.41, 5.74) is 0. The van der Waals surface area contributed by atoms with E-state index in [4.69, 9.17) is 9.47 Å². The van der Waals surface area contributed by atoms with E-state index in [1.54, 1.807) is 18.2 Å². The minimum Gasteiger partial charge on any atom is -0.493 e. The maximum Gasteiger partial charge on any atom is 0.258 e. The monoisotopic (exact) mass is 294 g/mol. The first kappa shape index (κ1) is 16.8. The lowest BCUT2D eigenvalue weighted by atomic mass is 10.3. The Kier molecular flexibility index (Phi) is 7.71. The van der Waals surface area contributed by atoms with Crippen LogP contribution >= 0.6 is 0 Å². The van der Waals surface area contributed by atoms with Crippen molar-refractivity contribution in [2.75, 3.05) is 26.8 Å². The van der Waals surface area contributed by atoms with Crippen molar-refractivity contribution in [3.05, 3.63) is 24.3 Å². The first-order chi connectivity index (χ1) is 10.2. The van der Waals surface area contributed by atoms with Gasteiger partial charge >= 0.3 is 0 Å². The van der Waals surface area contributed by atoms with Crippen LogP contribution in [0.2, 0.25) is 0 Å². The molecule has 21 heavy (non-hydrogen) atoms. The lowest BCUT2D eigenvalue weighted by Gasteiger charge is -2.10. The van der Waals surface area contributed by atoms with Gasteiger partial charge in [0.2, 0.25) is 5.91 Å². The molecule has 1 aromatic carbocycles. The first-order valence-corrected chi connectivity index (χ1v) is 6.96. The van der Waals surface area contributed by atoms with E-state index in [2.05, 4.69) is 10.6 Å². The third-order valence-electron chi connectivity index (χ3n) is 2.73. The number of hydrogen-bond donors (Lipinski definition) is 2. The molecule has 1 rings (SSSR count). The Morgan fingerprint density at radius 2 is 1.81 bits per heavy atom. The van der Waals surface area contributed by atoms with Crippen LogP contribution in [0.15, 0.2) is 24.3 Å². The molecule has 2 amide bonds. The first-order valence-electron chi connectivity index (χ1n) is 6.96. The van der Waals surface area contributed by atoms with E-state index in [-0.39, 0.29) is 25.0 Å². The quantitative estimate of drug-likeness (QED) is 0.669. The van der Waals surface area contributed by atoms with Gasteiger partial charge in [0.05, 0.1) is 13.7 Å². The van der Waals surface area contributed by atoms with E-state index in [0.29, 0.717) is 18.0 Å². The Hall–Kier alpha value is -2.24. The average molecular weight is 294 g/mol. The Balaban J connectivity index is 2.26. The van der Waals surface area contributed by atoms with E-state index in [1.165, 1.54) is 7.11 Å². The number of ether oxygens (including phenoxy) is 2. The SMILES string of the molecule is CCCCNC(=O)CNC(=O)COc1ccccc1OC. The van der Waals surface area contributed by atoms with E-state index in [9.17, 15) is 9.59 Å². The second kappa shape index (κ2) is 9.63. The van der Waals surface area contributed by atoms with Crippen LogP contribution in [0.25, 0.3) is 0 Å². The van der Waals surface area contributed by atoms with Gasteiger partial charge in [-0.1, -0.05) is 25.5 Å². The molecule has 0 aromatic heterocycles. The van der Waals surface area contributed by atoms with Crippen molar-refractivity contribution in [2.45, 2.75) is 19.8 Å². The molecule has 6 nitrogen and oxygen atoms in total. The number of unbranched alkanes of at least 4 members (excludes halogenated alkanes) is 1. The minimum absolute atomic E-state index is 0.0438. The van der Waals surface area contributed by atoms with E-state index in [0.717, 1.165) is 12.8 Å². The highest BCUT2D eigenvalue weighted by molar-refractivity contribution is 5.85. The molecule has 0 radical (unpaired) electrons. The summed E-state index contributed by atoms with van der Waals surface area (Å²) in [5, 5.41) is 5.22. The maximum absolute atomic E-state index is 11.6. The Morgan fingerprint density at radius 1 is 1.10 bits per heavy atom. The standard InChI is InChI=1S/C15H22N2O4/c1-3-4-9-16-14(18)10-17-15(19)11-21-13-8-6-5-7-12(13)20-2/h5-8H,3-4,9-11H2,1-2H3,(H,16,18)(H,17,19). The fraction of sp³-hybridized carbons (Fsp3) is 0.467. The normalized spacial score (nSPS) is 9.81. The summed E-state index contributed by atoms with van der Waals surface area (Å²) in [6.07, 6.45) is 1.94. The molecule has 6 heteroatoms. The van der Waals surface area contributed by atoms with E-state index < -0.39 is 0 Å². The molecule has 2 N–H and O–H groups in total. The Labute approximate surface area is 124 Å². The van der Waals surface area contributed by atoms with Crippen LogP contribution in [-0.4, -0.2) is 38.6 Å². The van der Waals surface area contributed by atoms with Crippen LogP contribution in [0.4, 0.5) is 0 Å². The molecule has 0 aliphatic heterocycles. The van der Waals surface area contributed by atoms with Crippen molar-refractivity contribution in [1.82, 2.24) is 10.6 Å². The minimum atomic E-state index is -0.355. The topological polar surface area (TPSA) is 76.7 Å². The number of methoxy groups -OCH3 is 1. The number of carbonyl (C=O) groups is 2. The smallest absolute Gasteiger partial charge is 0.258 e. The lowest BCUT2D eigenvalue weighted by molar-refractivity contribution is -0.127. The highest BCUT2D eigenvalue weighted by Crippen LogP contribution is 2.25. The highest BCUT2D eigenvalue weighted by Gasteiger charge is 2.08. The summed E-state index contributed by atoms with van der Waals surface area (Å²) in [6.45, 7) is 2.46. The number of nitrogens with one attached hydrogen (secondary N) is 2. The van der Waals surface area contributed by atoms with Crippen molar-refractivity contribution < 1.29 is 19.1 Å². The molecule has 1 aromatic rings. The van der Waals surface area contributed by atoms with Gasteiger partial charge in [0.1, 0.15) is 0 Å². The van der Waals surface area contributed by atoms with Crippen molar-refractivity contribution in [3.63, 3.8) is 0 Å². The van der Waals surface area contributed by atoms with Crippen LogP contribution in [0.3, 0.4) is 0 Å². The van der Waals surface area contributed by atoms with Crippen molar-refractivity contribution in [3.8, 4) is 11.5 Å². The lowest BCUT2D eigenvalue weighted by Crippen LogP contribution is -2.39. The van der Waals surface area contributed by atoms with Gasteiger partial charge in [-0.05, 0) is 18.6 Å². The third kappa shape index (κ3) is 6.65. The molecule has 0 aliphatic rings. The summed E-state index contributed by atoms with van der Waals surface area (Å²) in [4.78, 5) is 23.0. The van der Waals surface area contributed by atoms with Gasteiger partial charge in [0.15, 0.2) is 18.1 Å². The molecule has 0 spiro atoms. The van der Waals surface area contributed by atoms with Gasteiger partial charge in [0.25, 0.3) is 5.91 Å². The van der Waals surface area contributed by atoms with Gasteiger partial charge in [-0.2, -0.15) is 0 Å². The largest absolute Gasteiger partial charge is 0.493 e. The number of para-hydroxylation sites is 2. The van der Waals surface area contributed by atoms with Gasteiger partial charge in [-0.25, -0.2) is 0 Å². The zero-order valence-corrected chi connectivity index (χ0v) is 12.5. The highest BCUT2D eigenvalue weighted by atomic mass is 16.5. The fourth-order valence-corrected chi connectivity index (χ4v) is 1.58. The summed E-state index contributed by atoms with van der Waals surface area (Å²) in [6, 6.07) is 7.06. The second-order valence-corrected chi connectivity index (χ2v) is 4.42. The number of benzene rings is 1. The number of rotatable bonds is 9. The predicted molar refractivity (Wildman–Crippen MR) is 79.4 cm³/mol. The molecule has 0 bridgehead atoms. The van der Waals surface area contributed by atoms with Crippen LogP contribution in [0.5, 0.6) is 11.5 Å². The van der Waals surface area contributed by atoms with E-state index >= 15 is 0 Å². The van der Waals surface area contributed by atoms with Gasteiger partial charge in [0, 0.05) is 6.54 Å². The molecule has 0 saturated carbocycles. The Morgan fingerprint density at radius 3 is 2.48 bits per heavy atom. The number of hydrogen-bond acceptors (Lipinski definition) is 4. The van der Waals surface area contributed by atoms with Crippen molar-refractivity contribution in [2.24, 2.45) is 0 Å². The van der Waals surface area contributed by atoms with Crippen LogP contribution in [0, 0.1) is 0 Å². The van der Waals surface area contributed by atoms with Gasteiger partial charge in [-0.15, -0.1) is 0 Å². The van der Waals surface area contributed by atoms with Crippen LogP contribution in [0.1, 0.15) is 19.8 Å². The number of amides is 2. The summed E-state index contributed by atoms with van der Waals surface area (Å²) in [7, 11) is 1.53. The van der Waals surface area contributed by atoms with Crippen molar-refractivity contribution in [1.29, 1.82) is 0 Å². The molecule has 0 aliphatic carbocycles. The molecule has 0 heterocycles. The predicted octanol–water partition coefficient (Wildman–Crippen LogP) is 1.11. The third-order valence-corrected chi connectivity index (χ3v) is 2.73. The van der Waals surface area contributed by atoms with Crippen molar-refractivity contribution >= 4 is 11.8 Å². The summed E-state index contributed by atoms with van der Waals surface area (Å²) in [5.74, 6) is 0.491. The molecule has 0 saturated heterocycles. The fourth-order valence-electron chi connectivity index (χ4n) is 1.58. The zero-order chi connectivity index (χ0) is 15.5. The second-order valence-electron chi connectivity index (χ2n) is 4.42. The summed E-state index contributed by atoms with van der Waals surface area (Å²) >= 11 is 0. The number of carbonyl (C=O) groups excluding carboxylic acids is 2. The van der Waals surface area contributed by atoms with E-state index in [1.807, 2.05) is 13.0 Å². The summed E-state index contributed by atoms with van der Waals surface area (Å²) < 4.78 is 10.5. The molecule has 0 unspecified atom stereocenters. The molecular weight excluding hydrogens is 272 g/mol. The molecule has 116 valence electrons. The van der Waals surface area contributed by atoms with Crippen LogP contribution < -0.4 is 20.1 Å².